The molecule has 6 heteroatoms. The molecule has 3 rings (SSSR count). The Morgan fingerprint density at radius 1 is 0.852 bits per heavy atom. The van der Waals surface area contributed by atoms with Crippen molar-refractivity contribution in [2.45, 2.75) is 6.04 Å². The molecule has 1 N–H and O–H groups in total. The van der Waals surface area contributed by atoms with Gasteiger partial charge in [-0.1, -0.05) is 60.1 Å². The highest BCUT2D eigenvalue weighted by atomic mass is 35.5. The van der Waals surface area contributed by atoms with Crippen molar-refractivity contribution < 1.29 is 8.42 Å². The van der Waals surface area contributed by atoms with Gasteiger partial charge in [-0.05, 0) is 42.0 Å². The number of hydrogen-bond donors (Lipinski definition) is 1. The zero-order valence-corrected chi connectivity index (χ0v) is 16.5. The maximum Gasteiger partial charge on any atom is 0.209 e. The molecule has 0 saturated heterocycles. The highest BCUT2D eigenvalue weighted by molar-refractivity contribution is 7.88. The molecule has 1 atom stereocenters. The van der Waals surface area contributed by atoms with Gasteiger partial charge in [0.25, 0.3) is 0 Å². The summed E-state index contributed by atoms with van der Waals surface area (Å²) >= 11 is 6.00. The number of benzene rings is 3. The molecule has 0 spiro atoms. The van der Waals surface area contributed by atoms with E-state index in [0.29, 0.717) is 11.6 Å². The van der Waals surface area contributed by atoms with Gasteiger partial charge in [0, 0.05) is 22.9 Å². The SMILES string of the molecule is CS(=O)(=O)N[C@@H](CN(c1ccccc1)c1ccccc1)c1ccc(Cl)cc1. The lowest BCUT2D eigenvalue weighted by Gasteiger charge is -2.30. The van der Waals surface area contributed by atoms with Gasteiger partial charge in [-0.15, -0.1) is 0 Å². The van der Waals surface area contributed by atoms with Crippen LogP contribution in [0.15, 0.2) is 84.9 Å². The van der Waals surface area contributed by atoms with E-state index in [-0.39, 0.29) is 0 Å². The van der Waals surface area contributed by atoms with E-state index in [2.05, 4.69) is 9.62 Å². The largest absolute Gasteiger partial charge is 0.340 e. The molecule has 0 unspecified atom stereocenters. The van der Waals surface area contributed by atoms with Gasteiger partial charge in [0.2, 0.25) is 10.0 Å². The summed E-state index contributed by atoms with van der Waals surface area (Å²) in [5.41, 5.74) is 2.82. The van der Waals surface area contributed by atoms with Crippen LogP contribution in [0.2, 0.25) is 5.02 Å². The second-order valence-corrected chi connectivity index (χ2v) is 8.49. The molecule has 0 radical (unpaired) electrons. The Balaban J connectivity index is 2.00. The first kappa shape index (κ1) is 19.4. The van der Waals surface area contributed by atoms with Crippen molar-refractivity contribution >= 4 is 33.0 Å². The minimum Gasteiger partial charge on any atom is -0.340 e. The first-order valence-corrected chi connectivity index (χ1v) is 10.8. The molecular weight excluding hydrogens is 380 g/mol. The molecule has 0 heterocycles. The summed E-state index contributed by atoms with van der Waals surface area (Å²) in [6.45, 7) is 0.433. The maximum atomic E-state index is 12.0. The molecular formula is C21H21ClN2O2S. The first-order valence-electron chi connectivity index (χ1n) is 8.53. The molecule has 0 aliphatic heterocycles. The highest BCUT2D eigenvalue weighted by Gasteiger charge is 2.21. The first-order chi connectivity index (χ1) is 12.9. The molecule has 0 aliphatic rings. The summed E-state index contributed by atoms with van der Waals surface area (Å²) < 4.78 is 26.7. The van der Waals surface area contributed by atoms with Gasteiger partial charge in [-0.3, -0.25) is 0 Å². The fourth-order valence-electron chi connectivity index (χ4n) is 2.92. The van der Waals surface area contributed by atoms with Gasteiger partial charge in [0.1, 0.15) is 0 Å². The summed E-state index contributed by atoms with van der Waals surface area (Å²) in [5.74, 6) is 0. The fraction of sp³-hybridized carbons (Fsp3) is 0.143. The second kappa shape index (κ2) is 8.57. The Labute approximate surface area is 165 Å². The van der Waals surface area contributed by atoms with E-state index in [0.717, 1.165) is 16.9 Å². The zero-order valence-electron chi connectivity index (χ0n) is 14.9. The fourth-order valence-corrected chi connectivity index (χ4v) is 3.78. The average Bonchev–Trinajstić information content (AvgIpc) is 2.66. The molecule has 0 bridgehead atoms. The Bertz CT molecular complexity index is 923. The normalized spacial score (nSPS) is 12.5. The number of nitrogens with zero attached hydrogens (tertiary/aromatic N) is 1. The van der Waals surface area contributed by atoms with Crippen LogP contribution in [0.25, 0.3) is 0 Å². The third kappa shape index (κ3) is 5.57. The molecule has 3 aromatic carbocycles. The van der Waals surface area contributed by atoms with Gasteiger partial charge in [0.15, 0.2) is 0 Å². The van der Waals surface area contributed by atoms with Gasteiger partial charge in [-0.2, -0.15) is 0 Å². The lowest BCUT2D eigenvalue weighted by atomic mass is 10.1. The average molecular weight is 401 g/mol. The van der Waals surface area contributed by atoms with E-state index in [1.807, 2.05) is 72.8 Å². The smallest absolute Gasteiger partial charge is 0.209 e. The van der Waals surface area contributed by atoms with Crippen LogP contribution in [-0.4, -0.2) is 21.2 Å². The number of nitrogens with one attached hydrogen (secondary N) is 1. The van der Waals surface area contributed by atoms with Gasteiger partial charge in [0.05, 0.1) is 12.3 Å². The number of para-hydroxylation sites is 2. The number of rotatable bonds is 7. The summed E-state index contributed by atoms with van der Waals surface area (Å²) in [4.78, 5) is 2.09. The molecule has 4 nitrogen and oxygen atoms in total. The predicted molar refractivity (Wildman–Crippen MR) is 112 cm³/mol. The molecule has 0 fully saturated rings. The van der Waals surface area contributed by atoms with E-state index in [1.54, 1.807) is 12.1 Å². The lowest BCUT2D eigenvalue weighted by Crippen LogP contribution is -2.35. The third-order valence-corrected chi connectivity index (χ3v) is 5.09. The Kier molecular flexibility index (Phi) is 6.16. The van der Waals surface area contributed by atoms with E-state index >= 15 is 0 Å². The van der Waals surface area contributed by atoms with Crippen LogP contribution in [0.4, 0.5) is 11.4 Å². The highest BCUT2D eigenvalue weighted by Crippen LogP contribution is 2.28. The van der Waals surface area contributed by atoms with Crippen molar-refractivity contribution in [2.75, 3.05) is 17.7 Å². The molecule has 140 valence electrons. The predicted octanol–water partition coefficient (Wildman–Crippen LogP) is 4.77. The molecule has 27 heavy (non-hydrogen) atoms. The molecule has 3 aromatic rings. The minimum absolute atomic E-state index is 0.433. The van der Waals surface area contributed by atoms with Crippen molar-refractivity contribution in [3.8, 4) is 0 Å². The van der Waals surface area contributed by atoms with Gasteiger partial charge in [-0.25, -0.2) is 13.1 Å². The Morgan fingerprint density at radius 2 is 1.33 bits per heavy atom. The summed E-state index contributed by atoms with van der Waals surface area (Å²) in [7, 11) is -3.40. The Morgan fingerprint density at radius 3 is 1.78 bits per heavy atom. The van der Waals surface area contributed by atoms with E-state index < -0.39 is 16.1 Å². The van der Waals surface area contributed by atoms with Crippen LogP contribution in [0.3, 0.4) is 0 Å². The van der Waals surface area contributed by atoms with Crippen LogP contribution in [-0.2, 0) is 10.0 Å². The van der Waals surface area contributed by atoms with Crippen molar-refractivity contribution in [3.63, 3.8) is 0 Å². The molecule has 0 aliphatic carbocycles. The molecule has 0 aromatic heterocycles. The number of sulfonamides is 1. The van der Waals surface area contributed by atoms with Crippen LogP contribution >= 0.6 is 11.6 Å². The van der Waals surface area contributed by atoms with E-state index in [4.69, 9.17) is 11.6 Å². The summed E-state index contributed by atoms with van der Waals surface area (Å²) in [6.07, 6.45) is 1.17. The quantitative estimate of drug-likeness (QED) is 0.621. The topological polar surface area (TPSA) is 49.4 Å². The van der Waals surface area contributed by atoms with Crippen LogP contribution in [0, 0.1) is 0 Å². The van der Waals surface area contributed by atoms with Gasteiger partial charge < -0.3 is 4.90 Å². The summed E-state index contributed by atoms with van der Waals surface area (Å²) in [6, 6.07) is 26.6. The van der Waals surface area contributed by atoms with Crippen molar-refractivity contribution in [3.05, 3.63) is 95.5 Å². The molecule has 0 saturated carbocycles. The number of anilines is 2. The third-order valence-electron chi connectivity index (χ3n) is 4.13. The number of hydrogen-bond acceptors (Lipinski definition) is 3. The van der Waals surface area contributed by atoms with Crippen LogP contribution < -0.4 is 9.62 Å². The van der Waals surface area contributed by atoms with Crippen molar-refractivity contribution in [2.24, 2.45) is 0 Å². The Hall–Kier alpha value is -2.34. The monoisotopic (exact) mass is 400 g/mol. The second-order valence-electron chi connectivity index (χ2n) is 6.28. The minimum atomic E-state index is -3.40. The zero-order chi connectivity index (χ0) is 19.3. The lowest BCUT2D eigenvalue weighted by molar-refractivity contribution is 0.562. The van der Waals surface area contributed by atoms with Crippen LogP contribution in [0.1, 0.15) is 11.6 Å². The number of halogens is 1. The standard InChI is InChI=1S/C21H21ClN2O2S/c1-27(25,26)23-21(17-12-14-18(22)15-13-17)16-24(19-8-4-2-5-9-19)20-10-6-3-7-11-20/h2-15,21,23H,16H2,1H3/t21-/m0/s1. The van der Waals surface area contributed by atoms with E-state index in [9.17, 15) is 8.42 Å². The van der Waals surface area contributed by atoms with E-state index in [1.165, 1.54) is 6.26 Å². The van der Waals surface area contributed by atoms with Crippen molar-refractivity contribution in [1.29, 1.82) is 0 Å². The molecule has 0 amide bonds. The van der Waals surface area contributed by atoms with Crippen molar-refractivity contribution in [1.82, 2.24) is 4.72 Å². The van der Waals surface area contributed by atoms with Gasteiger partial charge >= 0.3 is 0 Å². The maximum absolute atomic E-state index is 12.0. The summed E-state index contributed by atoms with van der Waals surface area (Å²) in [5, 5.41) is 0.611. The van der Waals surface area contributed by atoms with Crippen LogP contribution in [0.5, 0.6) is 0 Å².